The summed E-state index contributed by atoms with van der Waals surface area (Å²) >= 11 is 0. The van der Waals surface area contributed by atoms with Gasteiger partial charge in [0.1, 0.15) is 0 Å². The number of amides is 1. The van der Waals surface area contributed by atoms with Crippen LogP contribution in [-0.2, 0) is 16.6 Å². The molecule has 1 aliphatic carbocycles. The highest BCUT2D eigenvalue weighted by atomic mass is 32.2. The van der Waals surface area contributed by atoms with Gasteiger partial charge < -0.3 is 5.32 Å². The Morgan fingerprint density at radius 1 is 1.07 bits per heavy atom. The maximum absolute atomic E-state index is 13.0. The van der Waals surface area contributed by atoms with E-state index >= 15 is 0 Å². The van der Waals surface area contributed by atoms with Gasteiger partial charge in [-0.3, -0.25) is 4.79 Å². The van der Waals surface area contributed by atoms with Crippen molar-refractivity contribution < 1.29 is 13.2 Å². The average Bonchev–Trinajstić information content (AvgIpc) is 2.73. The molecule has 2 aromatic carbocycles. The first-order chi connectivity index (χ1) is 13.4. The van der Waals surface area contributed by atoms with Crippen molar-refractivity contribution in [3.05, 3.63) is 65.2 Å². The van der Waals surface area contributed by atoms with Gasteiger partial charge in [0, 0.05) is 25.2 Å². The van der Waals surface area contributed by atoms with E-state index < -0.39 is 10.0 Å². The molecule has 28 heavy (non-hydrogen) atoms. The van der Waals surface area contributed by atoms with Crippen LogP contribution >= 0.6 is 0 Å². The van der Waals surface area contributed by atoms with E-state index in [4.69, 9.17) is 0 Å². The minimum atomic E-state index is -3.61. The zero-order valence-electron chi connectivity index (χ0n) is 16.5. The van der Waals surface area contributed by atoms with Crippen LogP contribution in [0.2, 0.25) is 0 Å². The summed E-state index contributed by atoms with van der Waals surface area (Å²) in [5.41, 5.74) is 2.51. The van der Waals surface area contributed by atoms with Crippen LogP contribution in [0.5, 0.6) is 0 Å². The molecule has 1 aliphatic rings. The molecule has 150 valence electrons. The van der Waals surface area contributed by atoms with Gasteiger partial charge in [-0.2, -0.15) is 4.31 Å². The van der Waals surface area contributed by atoms with Gasteiger partial charge in [-0.15, -0.1) is 0 Å². The Bertz CT molecular complexity index is 917. The van der Waals surface area contributed by atoms with Gasteiger partial charge in [0.25, 0.3) is 5.91 Å². The number of carbonyl (C=O) groups is 1. The molecule has 2 aromatic rings. The van der Waals surface area contributed by atoms with Gasteiger partial charge in [-0.25, -0.2) is 8.42 Å². The molecule has 0 heterocycles. The molecule has 1 fully saturated rings. The summed E-state index contributed by atoms with van der Waals surface area (Å²) in [6, 6.07) is 14.3. The van der Waals surface area contributed by atoms with Gasteiger partial charge in [-0.1, -0.05) is 55.2 Å². The molecule has 0 bridgehead atoms. The fraction of sp³-hybridized carbons (Fsp3) is 0.409. The average molecular weight is 401 g/mol. The largest absolute Gasteiger partial charge is 0.348 e. The Labute approximate surface area is 167 Å². The molecule has 0 radical (unpaired) electrons. The quantitative estimate of drug-likeness (QED) is 0.800. The summed E-state index contributed by atoms with van der Waals surface area (Å²) in [5, 5.41) is 2.86. The number of rotatable bonds is 6. The second-order valence-electron chi connectivity index (χ2n) is 7.51. The minimum Gasteiger partial charge on any atom is -0.348 e. The van der Waals surface area contributed by atoms with E-state index in [0.29, 0.717) is 12.1 Å². The normalized spacial score (nSPS) is 15.5. The summed E-state index contributed by atoms with van der Waals surface area (Å²) in [6.07, 6.45) is 5.08. The third kappa shape index (κ3) is 4.80. The minimum absolute atomic E-state index is 0.0396. The Kier molecular flexibility index (Phi) is 6.52. The molecule has 0 saturated heterocycles. The highest BCUT2D eigenvalue weighted by Gasteiger charge is 2.29. The van der Waals surface area contributed by atoms with Crippen LogP contribution in [0.4, 0.5) is 0 Å². The first-order valence-electron chi connectivity index (χ1n) is 9.80. The Hall–Kier alpha value is -2.18. The lowest BCUT2D eigenvalue weighted by molar-refractivity contribution is 0.0950. The standard InChI is InChI=1S/C22H28N2O3S/c1-17-11-13-18(14-12-17)16-23-22(25)19-7-6-10-21(15-19)28(26,27)24(2)20-8-4-3-5-9-20/h6-7,10-15,20H,3-5,8-9,16H2,1-2H3,(H,23,25). The predicted octanol–water partition coefficient (Wildman–Crippen LogP) is 3.88. The van der Waals surface area contributed by atoms with Crippen molar-refractivity contribution in [1.82, 2.24) is 9.62 Å². The Balaban J connectivity index is 1.71. The van der Waals surface area contributed by atoms with Crippen molar-refractivity contribution in [3.8, 4) is 0 Å². The van der Waals surface area contributed by atoms with Gasteiger partial charge in [0.2, 0.25) is 10.0 Å². The Morgan fingerprint density at radius 3 is 2.43 bits per heavy atom. The number of aryl methyl sites for hydroxylation is 1. The van der Waals surface area contributed by atoms with E-state index in [1.54, 1.807) is 25.2 Å². The van der Waals surface area contributed by atoms with Gasteiger partial charge in [0.05, 0.1) is 4.90 Å². The molecule has 1 N–H and O–H groups in total. The van der Waals surface area contributed by atoms with Crippen molar-refractivity contribution in [1.29, 1.82) is 0 Å². The summed E-state index contributed by atoms with van der Waals surface area (Å²) in [5.74, 6) is -0.280. The highest BCUT2D eigenvalue weighted by Crippen LogP contribution is 2.26. The second-order valence-corrected chi connectivity index (χ2v) is 9.51. The van der Waals surface area contributed by atoms with E-state index in [1.807, 2.05) is 31.2 Å². The van der Waals surface area contributed by atoms with E-state index in [9.17, 15) is 13.2 Å². The zero-order valence-corrected chi connectivity index (χ0v) is 17.3. The fourth-order valence-electron chi connectivity index (χ4n) is 3.60. The molecule has 0 unspecified atom stereocenters. The lowest BCUT2D eigenvalue weighted by Crippen LogP contribution is -2.38. The van der Waals surface area contributed by atoms with Crippen LogP contribution in [0.25, 0.3) is 0 Å². The molecule has 3 rings (SSSR count). The third-order valence-corrected chi connectivity index (χ3v) is 7.34. The van der Waals surface area contributed by atoms with Crippen molar-refractivity contribution >= 4 is 15.9 Å². The molecule has 0 spiro atoms. The third-order valence-electron chi connectivity index (χ3n) is 5.44. The number of hydrogen-bond acceptors (Lipinski definition) is 3. The van der Waals surface area contributed by atoms with Crippen LogP contribution in [0, 0.1) is 6.92 Å². The smallest absolute Gasteiger partial charge is 0.251 e. The van der Waals surface area contributed by atoms with E-state index in [-0.39, 0.29) is 16.8 Å². The first-order valence-corrected chi connectivity index (χ1v) is 11.2. The molecule has 6 heteroatoms. The maximum atomic E-state index is 13.0. The monoisotopic (exact) mass is 400 g/mol. The number of nitrogens with one attached hydrogen (secondary N) is 1. The molecule has 0 aliphatic heterocycles. The number of sulfonamides is 1. The lowest BCUT2D eigenvalue weighted by Gasteiger charge is -2.30. The van der Waals surface area contributed by atoms with E-state index in [0.717, 1.165) is 36.8 Å². The molecule has 1 amide bonds. The second kappa shape index (κ2) is 8.88. The fourth-order valence-corrected chi connectivity index (χ4v) is 5.06. The summed E-state index contributed by atoms with van der Waals surface area (Å²) in [4.78, 5) is 12.7. The first kappa shape index (κ1) is 20.6. The van der Waals surface area contributed by atoms with Crippen LogP contribution in [0.15, 0.2) is 53.4 Å². The number of hydrogen-bond donors (Lipinski definition) is 1. The molecule has 5 nitrogen and oxygen atoms in total. The lowest BCUT2D eigenvalue weighted by atomic mass is 9.96. The van der Waals surface area contributed by atoms with Crippen molar-refractivity contribution in [2.24, 2.45) is 0 Å². The van der Waals surface area contributed by atoms with E-state index in [1.165, 1.54) is 16.8 Å². The molecular weight excluding hydrogens is 372 g/mol. The van der Waals surface area contributed by atoms with Crippen molar-refractivity contribution in [3.63, 3.8) is 0 Å². The van der Waals surface area contributed by atoms with Crippen LogP contribution in [0.3, 0.4) is 0 Å². The van der Waals surface area contributed by atoms with Gasteiger partial charge in [0.15, 0.2) is 0 Å². The van der Waals surface area contributed by atoms with Crippen molar-refractivity contribution in [2.45, 2.75) is 56.5 Å². The predicted molar refractivity (Wildman–Crippen MR) is 111 cm³/mol. The molecular formula is C22H28N2O3S. The molecule has 1 saturated carbocycles. The summed E-state index contributed by atoms with van der Waals surface area (Å²) in [7, 11) is -1.96. The van der Waals surface area contributed by atoms with Crippen LogP contribution in [0.1, 0.15) is 53.6 Å². The number of nitrogens with zero attached hydrogens (tertiary/aromatic N) is 1. The molecule has 0 aromatic heterocycles. The van der Waals surface area contributed by atoms with Crippen molar-refractivity contribution in [2.75, 3.05) is 7.05 Å². The maximum Gasteiger partial charge on any atom is 0.251 e. The number of carbonyl (C=O) groups excluding carboxylic acids is 1. The van der Waals surface area contributed by atoms with Gasteiger partial charge in [-0.05, 0) is 43.5 Å². The van der Waals surface area contributed by atoms with Crippen LogP contribution in [-0.4, -0.2) is 31.7 Å². The SMILES string of the molecule is Cc1ccc(CNC(=O)c2cccc(S(=O)(=O)N(C)C3CCCCC3)c2)cc1. The summed E-state index contributed by atoms with van der Waals surface area (Å²) in [6.45, 7) is 2.41. The van der Waals surface area contributed by atoms with Crippen LogP contribution < -0.4 is 5.32 Å². The molecule has 0 atom stereocenters. The Morgan fingerprint density at radius 2 is 1.75 bits per heavy atom. The topological polar surface area (TPSA) is 66.5 Å². The van der Waals surface area contributed by atoms with Gasteiger partial charge >= 0.3 is 0 Å². The number of benzene rings is 2. The highest BCUT2D eigenvalue weighted by molar-refractivity contribution is 7.89. The van der Waals surface area contributed by atoms with E-state index in [2.05, 4.69) is 5.32 Å². The zero-order chi connectivity index (χ0) is 20.1. The summed E-state index contributed by atoms with van der Waals surface area (Å²) < 4.78 is 27.5.